The quantitative estimate of drug-likeness (QED) is 0.361. The first-order chi connectivity index (χ1) is 16.8. The van der Waals surface area contributed by atoms with Crippen LogP contribution in [0.4, 0.5) is 5.69 Å². The predicted octanol–water partition coefficient (Wildman–Crippen LogP) is 5.00. The number of hydrogen-bond donors (Lipinski definition) is 0. The van der Waals surface area contributed by atoms with Gasteiger partial charge in [-0.05, 0) is 31.2 Å². The number of fused-ring (bicyclic) bond motifs is 3. The molecular formula is C27H17Cl2NO5. The van der Waals surface area contributed by atoms with E-state index >= 15 is 0 Å². The highest BCUT2D eigenvalue weighted by Gasteiger charge is 2.74. The van der Waals surface area contributed by atoms with Crippen LogP contribution in [0.5, 0.6) is 0 Å². The van der Waals surface area contributed by atoms with Gasteiger partial charge in [0.05, 0.1) is 23.6 Å². The van der Waals surface area contributed by atoms with Gasteiger partial charge in [-0.1, -0.05) is 71.2 Å². The van der Waals surface area contributed by atoms with Crippen LogP contribution in [0.25, 0.3) is 0 Å². The summed E-state index contributed by atoms with van der Waals surface area (Å²) in [5, 5.41) is 0.585. The van der Waals surface area contributed by atoms with Crippen molar-refractivity contribution < 1.29 is 23.9 Å². The number of carbonyl (C=O) groups excluding carboxylic acids is 4. The number of amides is 2. The lowest BCUT2D eigenvalue weighted by atomic mass is 9.77. The van der Waals surface area contributed by atoms with Crippen molar-refractivity contribution in [1.29, 1.82) is 0 Å². The van der Waals surface area contributed by atoms with Gasteiger partial charge in [0.25, 0.3) is 0 Å². The number of ketones is 2. The number of imide groups is 1. The Bertz CT molecular complexity index is 1430. The van der Waals surface area contributed by atoms with Gasteiger partial charge in [-0.15, -0.1) is 0 Å². The van der Waals surface area contributed by atoms with E-state index in [1.54, 1.807) is 48.5 Å². The Balaban J connectivity index is 1.56. The molecule has 3 aromatic rings. The smallest absolute Gasteiger partial charge is 0.241 e. The van der Waals surface area contributed by atoms with Gasteiger partial charge in [0.2, 0.25) is 29.0 Å². The van der Waals surface area contributed by atoms with Crippen molar-refractivity contribution in [2.24, 2.45) is 11.8 Å². The molecule has 0 aromatic heterocycles. The number of anilines is 1. The molecule has 0 radical (unpaired) electrons. The Morgan fingerprint density at radius 2 is 1.46 bits per heavy atom. The molecule has 6 rings (SSSR count). The molecule has 3 atom stereocenters. The summed E-state index contributed by atoms with van der Waals surface area (Å²) >= 11 is 12.5. The summed E-state index contributed by atoms with van der Waals surface area (Å²) in [6, 6.07) is 17.9. The zero-order valence-electron chi connectivity index (χ0n) is 18.3. The molecule has 1 aliphatic carbocycles. The maximum Gasteiger partial charge on any atom is 0.241 e. The number of ether oxygens (including phenoxy) is 1. The van der Waals surface area contributed by atoms with Gasteiger partial charge in [-0.2, -0.15) is 0 Å². The molecule has 3 aliphatic rings. The van der Waals surface area contributed by atoms with Crippen molar-refractivity contribution in [2.75, 3.05) is 4.90 Å². The SMILES string of the molecule is Cc1ccc(N2C(=O)[C@H]3[C@@H](C2=O)C2(O[C@H]3c3ccc(Cl)cc3Cl)C(=O)c3ccccc3C2=O)cc1. The highest BCUT2D eigenvalue weighted by atomic mass is 35.5. The third-order valence-electron chi connectivity index (χ3n) is 7.08. The largest absolute Gasteiger partial charge is 0.349 e. The minimum absolute atomic E-state index is 0.174. The molecule has 35 heavy (non-hydrogen) atoms. The number of benzene rings is 3. The summed E-state index contributed by atoms with van der Waals surface area (Å²) in [5.74, 6) is -4.88. The van der Waals surface area contributed by atoms with E-state index in [2.05, 4.69) is 0 Å². The first-order valence-electron chi connectivity index (χ1n) is 11.0. The lowest BCUT2D eigenvalue weighted by Crippen LogP contribution is -2.51. The van der Waals surface area contributed by atoms with Crippen molar-refractivity contribution in [3.05, 3.63) is 99.0 Å². The molecule has 2 aliphatic heterocycles. The zero-order chi connectivity index (χ0) is 24.6. The number of aryl methyl sites for hydroxylation is 1. The number of Topliss-reactive ketones (excluding diaryl/α,β-unsaturated/α-hetero) is 2. The van der Waals surface area contributed by atoms with Gasteiger partial charge < -0.3 is 4.74 Å². The monoisotopic (exact) mass is 505 g/mol. The summed E-state index contributed by atoms with van der Waals surface area (Å²) in [6.45, 7) is 1.89. The summed E-state index contributed by atoms with van der Waals surface area (Å²) < 4.78 is 6.24. The van der Waals surface area contributed by atoms with E-state index < -0.39 is 46.9 Å². The Morgan fingerprint density at radius 1 is 0.829 bits per heavy atom. The molecule has 0 unspecified atom stereocenters. The van der Waals surface area contributed by atoms with Crippen LogP contribution in [0.2, 0.25) is 10.0 Å². The third kappa shape index (κ3) is 2.88. The van der Waals surface area contributed by atoms with Crippen LogP contribution in [0.1, 0.15) is 37.9 Å². The van der Waals surface area contributed by atoms with Crippen LogP contribution in [0.15, 0.2) is 66.7 Å². The van der Waals surface area contributed by atoms with Gasteiger partial charge in [-0.25, -0.2) is 4.90 Å². The van der Waals surface area contributed by atoms with Gasteiger partial charge in [-0.3, -0.25) is 19.2 Å². The maximum absolute atomic E-state index is 13.9. The molecule has 8 heteroatoms. The van der Waals surface area contributed by atoms with E-state index in [9.17, 15) is 19.2 Å². The topological polar surface area (TPSA) is 80.8 Å². The molecule has 2 saturated heterocycles. The second-order valence-corrected chi connectivity index (χ2v) is 9.84. The Morgan fingerprint density at radius 3 is 2.06 bits per heavy atom. The number of hydrogen-bond acceptors (Lipinski definition) is 5. The second kappa shape index (κ2) is 7.59. The first-order valence-corrected chi connectivity index (χ1v) is 11.8. The highest BCUT2D eigenvalue weighted by molar-refractivity contribution is 6.37. The summed E-state index contributed by atoms with van der Waals surface area (Å²) in [6.07, 6.45) is -1.10. The first kappa shape index (κ1) is 22.2. The summed E-state index contributed by atoms with van der Waals surface area (Å²) in [5.41, 5.74) is -0.0942. The van der Waals surface area contributed by atoms with E-state index in [4.69, 9.17) is 27.9 Å². The average molecular weight is 506 g/mol. The van der Waals surface area contributed by atoms with Crippen LogP contribution in [0.3, 0.4) is 0 Å². The molecule has 1 spiro atoms. The van der Waals surface area contributed by atoms with Crippen LogP contribution < -0.4 is 4.90 Å². The van der Waals surface area contributed by atoms with Crippen molar-refractivity contribution >= 4 is 52.3 Å². The standard InChI is InChI=1S/C27H17Cl2NO5/c1-13-6-9-15(10-7-13)30-25(33)20-21(26(30)34)27(23(31)16-4-2-3-5-17(16)24(27)32)35-22(20)18-11-8-14(28)12-19(18)29/h2-12,20-22H,1H3/t20-,21-,22-/m0/s1. The lowest BCUT2D eigenvalue weighted by molar-refractivity contribution is -0.127. The minimum atomic E-state index is -2.14. The fourth-order valence-corrected chi connectivity index (χ4v) is 6.00. The van der Waals surface area contributed by atoms with Gasteiger partial charge >= 0.3 is 0 Å². The van der Waals surface area contributed by atoms with Gasteiger partial charge in [0.15, 0.2) is 0 Å². The molecule has 3 aromatic carbocycles. The summed E-state index contributed by atoms with van der Waals surface area (Å²) in [7, 11) is 0. The van der Waals surface area contributed by atoms with E-state index in [0.717, 1.165) is 10.5 Å². The van der Waals surface area contributed by atoms with E-state index in [-0.39, 0.29) is 16.1 Å². The van der Waals surface area contributed by atoms with Crippen LogP contribution in [0, 0.1) is 18.8 Å². The van der Waals surface area contributed by atoms with Crippen molar-refractivity contribution in [3.8, 4) is 0 Å². The molecular weight excluding hydrogens is 489 g/mol. The molecule has 2 fully saturated rings. The van der Waals surface area contributed by atoms with Gasteiger partial charge in [0.1, 0.15) is 0 Å². The zero-order valence-corrected chi connectivity index (χ0v) is 19.8. The van der Waals surface area contributed by atoms with Gasteiger partial charge in [0, 0.05) is 26.7 Å². The Labute approximate surface area is 210 Å². The normalized spacial score (nSPS) is 24.4. The molecule has 0 saturated carbocycles. The number of rotatable bonds is 2. The molecule has 2 amide bonds. The van der Waals surface area contributed by atoms with E-state index in [1.165, 1.54) is 18.2 Å². The Hall–Kier alpha value is -3.32. The molecule has 0 bridgehead atoms. The second-order valence-electron chi connectivity index (χ2n) is 8.99. The fraction of sp³-hybridized carbons (Fsp3) is 0.185. The third-order valence-corrected chi connectivity index (χ3v) is 7.64. The van der Waals surface area contributed by atoms with Crippen LogP contribution >= 0.6 is 23.2 Å². The van der Waals surface area contributed by atoms with Crippen LogP contribution in [-0.4, -0.2) is 29.0 Å². The predicted molar refractivity (Wildman–Crippen MR) is 129 cm³/mol. The maximum atomic E-state index is 13.9. The molecule has 0 N–H and O–H groups in total. The number of halogens is 2. The van der Waals surface area contributed by atoms with Crippen LogP contribution in [-0.2, 0) is 14.3 Å². The van der Waals surface area contributed by atoms with E-state index in [0.29, 0.717) is 16.3 Å². The average Bonchev–Trinajstić information content (AvgIpc) is 3.40. The van der Waals surface area contributed by atoms with E-state index in [1.807, 2.05) is 6.92 Å². The minimum Gasteiger partial charge on any atom is -0.349 e. The number of carbonyl (C=O) groups is 4. The highest BCUT2D eigenvalue weighted by Crippen LogP contribution is 2.58. The van der Waals surface area contributed by atoms with Crippen molar-refractivity contribution in [2.45, 2.75) is 18.6 Å². The summed E-state index contributed by atoms with van der Waals surface area (Å²) in [4.78, 5) is 56.2. The number of nitrogens with zero attached hydrogens (tertiary/aromatic N) is 1. The fourth-order valence-electron chi connectivity index (χ4n) is 5.48. The lowest BCUT2D eigenvalue weighted by Gasteiger charge is -2.27. The molecule has 2 heterocycles. The van der Waals surface area contributed by atoms with Crippen molar-refractivity contribution in [1.82, 2.24) is 0 Å². The molecule has 6 nitrogen and oxygen atoms in total. The molecule has 174 valence electrons. The Kier molecular flexibility index (Phi) is 4.81. The van der Waals surface area contributed by atoms with Crippen molar-refractivity contribution in [3.63, 3.8) is 0 Å².